The van der Waals surface area contributed by atoms with Gasteiger partial charge in [-0.2, -0.15) is 4.31 Å². The number of benzene rings is 1. The highest BCUT2D eigenvalue weighted by atomic mass is 32.2. The molecule has 0 unspecified atom stereocenters. The Kier molecular flexibility index (Phi) is 6.05. The standard InChI is InChI=1S/C17H22N4O6S2/c1-12-7-9-21(10-8-12)29(25,26)14-5-3-13(4-6-14)16(22)18-17-20-19-15(27-17)11-28(2,23)24/h3-6,12H,7-11H2,1-2H3,(H,18,20,22). The summed E-state index contributed by atoms with van der Waals surface area (Å²) in [7, 11) is -6.94. The lowest BCUT2D eigenvalue weighted by atomic mass is 10.0. The van der Waals surface area contributed by atoms with E-state index in [1.54, 1.807) is 0 Å². The summed E-state index contributed by atoms with van der Waals surface area (Å²) in [6.45, 7) is 3.07. The van der Waals surface area contributed by atoms with Crippen molar-refractivity contribution in [2.24, 2.45) is 5.92 Å². The minimum atomic E-state index is -3.60. The zero-order chi connectivity index (χ0) is 21.2. The molecule has 0 saturated carbocycles. The van der Waals surface area contributed by atoms with Crippen LogP contribution in [0.5, 0.6) is 0 Å². The number of sulfonamides is 1. The highest BCUT2D eigenvalue weighted by molar-refractivity contribution is 7.89. The van der Waals surface area contributed by atoms with Crippen LogP contribution in [0, 0.1) is 5.92 Å². The Balaban J connectivity index is 1.67. The monoisotopic (exact) mass is 442 g/mol. The first-order valence-corrected chi connectivity index (χ1v) is 12.5. The summed E-state index contributed by atoms with van der Waals surface area (Å²) >= 11 is 0. The Hall–Kier alpha value is -2.31. The molecule has 1 aromatic carbocycles. The van der Waals surface area contributed by atoms with Gasteiger partial charge in [0.05, 0.1) is 4.90 Å². The fourth-order valence-electron chi connectivity index (χ4n) is 2.91. The van der Waals surface area contributed by atoms with Crippen molar-refractivity contribution >= 4 is 31.8 Å². The lowest BCUT2D eigenvalue weighted by Gasteiger charge is -2.29. The first-order valence-electron chi connectivity index (χ1n) is 8.96. The van der Waals surface area contributed by atoms with Crippen LogP contribution in [0.25, 0.3) is 0 Å². The second-order valence-electron chi connectivity index (χ2n) is 7.14. The van der Waals surface area contributed by atoms with Gasteiger partial charge < -0.3 is 4.42 Å². The number of hydrogen-bond donors (Lipinski definition) is 1. The molecule has 1 fully saturated rings. The fraction of sp³-hybridized carbons (Fsp3) is 0.471. The van der Waals surface area contributed by atoms with E-state index in [1.165, 1.54) is 28.6 Å². The fourth-order valence-corrected chi connectivity index (χ4v) is 4.94. The van der Waals surface area contributed by atoms with E-state index >= 15 is 0 Å². The first-order chi connectivity index (χ1) is 13.5. The third-order valence-corrected chi connectivity index (χ3v) is 7.25. The number of piperidine rings is 1. The smallest absolute Gasteiger partial charge is 0.322 e. The largest absolute Gasteiger partial charge is 0.407 e. The molecule has 0 bridgehead atoms. The summed E-state index contributed by atoms with van der Waals surface area (Å²) in [6, 6.07) is 5.30. The molecule has 12 heteroatoms. The Bertz CT molecular complexity index is 1090. The number of carbonyl (C=O) groups is 1. The number of nitrogens with zero attached hydrogens (tertiary/aromatic N) is 3. The maximum absolute atomic E-state index is 12.7. The third kappa shape index (κ3) is 5.40. The molecule has 1 aliphatic heterocycles. The van der Waals surface area contributed by atoms with E-state index < -0.39 is 31.5 Å². The molecule has 29 heavy (non-hydrogen) atoms. The summed E-state index contributed by atoms with van der Waals surface area (Å²) in [6.07, 6.45) is 2.67. The van der Waals surface area contributed by atoms with Crippen LogP contribution >= 0.6 is 0 Å². The Morgan fingerprint density at radius 3 is 2.34 bits per heavy atom. The predicted molar refractivity (Wildman–Crippen MR) is 104 cm³/mol. The topological polar surface area (TPSA) is 140 Å². The molecule has 1 amide bonds. The minimum absolute atomic E-state index is 0.122. The van der Waals surface area contributed by atoms with Crippen molar-refractivity contribution in [3.63, 3.8) is 0 Å². The van der Waals surface area contributed by atoms with E-state index in [0.717, 1.165) is 19.1 Å². The number of sulfone groups is 1. The number of nitrogens with one attached hydrogen (secondary N) is 1. The third-order valence-electron chi connectivity index (χ3n) is 4.57. The van der Waals surface area contributed by atoms with E-state index in [0.29, 0.717) is 19.0 Å². The molecule has 1 aromatic heterocycles. The van der Waals surface area contributed by atoms with E-state index in [9.17, 15) is 21.6 Å². The average molecular weight is 443 g/mol. The maximum atomic E-state index is 12.7. The van der Waals surface area contributed by atoms with Crippen LogP contribution in [0.2, 0.25) is 0 Å². The summed E-state index contributed by atoms with van der Waals surface area (Å²) < 4.78 is 54.5. The van der Waals surface area contributed by atoms with Crippen LogP contribution in [-0.2, 0) is 25.6 Å². The zero-order valence-corrected chi connectivity index (χ0v) is 17.7. The Morgan fingerprint density at radius 2 is 1.76 bits per heavy atom. The van der Waals surface area contributed by atoms with E-state index in [-0.39, 0.29) is 22.4 Å². The van der Waals surface area contributed by atoms with Gasteiger partial charge in [-0.05, 0) is 43.0 Å². The number of rotatable bonds is 6. The molecule has 158 valence electrons. The number of hydrogen-bond acceptors (Lipinski definition) is 8. The number of aromatic nitrogens is 2. The number of anilines is 1. The summed E-state index contributed by atoms with van der Waals surface area (Å²) in [5.41, 5.74) is 0.194. The molecule has 1 saturated heterocycles. The lowest BCUT2D eigenvalue weighted by molar-refractivity contribution is 0.102. The minimum Gasteiger partial charge on any atom is -0.407 e. The predicted octanol–water partition coefficient (Wildman–Crippen LogP) is 1.29. The average Bonchev–Trinajstić information content (AvgIpc) is 3.07. The summed E-state index contributed by atoms with van der Waals surface area (Å²) in [5, 5.41) is 9.49. The van der Waals surface area contributed by atoms with Crippen LogP contribution in [0.4, 0.5) is 6.01 Å². The lowest BCUT2D eigenvalue weighted by Crippen LogP contribution is -2.37. The zero-order valence-electron chi connectivity index (χ0n) is 16.0. The SMILES string of the molecule is CC1CCN(S(=O)(=O)c2ccc(C(=O)Nc3nnc(CS(C)(=O)=O)o3)cc2)CC1. The van der Waals surface area contributed by atoms with Crippen LogP contribution in [-0.4, -0.2) is 56.6 Å². The molecule has 1 aliphatic rings. The highest BCUT2D eigenvalue weighted by Crippen LogP contribution is 2.23. The van der Waals surface area contributed by atoms with Gasteiger partial charge in [0.25, 0.3) is 5.91 Å². The number of amides is 1. The molecule has 0 spiro atoms. The molecule has 1 N–H and O–H groups in total. The molecular weight excluding hydrogens is 420 g/mol. The van der Waals surface area contributed by atoms with Gasteiger partial charge in [-0.3, -0.25) is 10.1 Å². The van der Waals surface area contributed by atoms with Gasteiger partial charge >= 0.3 is 6.01 Å². The van der Waals surface area contributed by atoms with Crippen molar-refractivity contribution in [1.29, 1.82) is 0 Å². The number of carbonyl (C=O) groups excluding carboxylic acids is 1. The quantitative estimate of drug-likeness (QED) is 0.706. The molecule has 0 radical (unpaired) electrons. The van der Waals surface area contributed by atoms with Crippen molar-refractivity contribution in [3.8, 4) is 0 Å². The molecule has 2 aromatic rings. The van der Waals surface area contributed by atoms with Gasteiger partial charge in [0.15, 0.2) is 9.84 Å². The van der Waals surface area contributed by atoms with Crippen molar-refractivity contribution < 1.29 is 26.0 Å². The van der Waals surface area contributed by atoms with Gasteiger partial charge in [-0.15, -0.1) is 5.10 Å². The van der Waals surface area contributed by atoms with Crippen LogP contribution in [0.15, 0.2) is 33.6 Å². The summed E-state index contributed by atoms with van der Waals surface area (Å²) in [4.78, 5) is 12.4. The molecule has 2 heterocycles. The van der Waals surface area contributed by atoms with Crippen LogP contribution < -0.4 is 5.32 Å². The second kappa shape index (κ2) is 8.20. The second-order valence-corrected chi connectivity index (χ2v) is 11.2. The van der Waals surface area contributed by atoms with E-state index in [2.05, 4.69) is 22.4 Å². The van der Waals surface area contributed by atoms with Crippen molar-refractivity contribution in [1.82, 2.24) is 14.5 Å². The van der Waals surface area contributed by atoms with E-state index in [4.69, 9.17) is 4.42 Å². The Morgan fingerprint density at radius 1 is 1.14 bits per heavy atom. The van der Waals surface area contributed by atoms with Crippen molar-refractivity contribution in [2.75, 3.05) is 24.7 Å². The molecular formula is C17H22N4O6S2. The van der Waals surface area contributed by atoms with Crippen molar-refractivity contribution in [3.05, 3.63) is 35.7 Å². The normalized spacial score (nSPS) is 16.6. The van der Waals surface area contributed by atoms with Crippen LogP contribution in [0.3, 0.4) is 0 Å². The van der Waals surface area contributed by atoms with Gasteiger partial charge in [-0.1, -0.05) is 12.0 Å². The molecule has 10 nitrogen and oxygen atoms in total. The first kappa shape index (κ1) is 21.4. The van der Waals surface area contributed by atoms with E-state index in [1.807, 2.05) is 0 Å². The van der Waals surface area contributed by atoms with Crippen LogP contribution in [0.1, 0.15) is 36.0 Å². The Labute approximate surface area is 169 Å². The van der Waals surface area contributed by atoms with Gasteiger partial charge in [0.2, 0.25) is 15.9 Å². The summed E-state index contributed by atoms with van der Waals surface area (Å²) in [5.74, 6) is -0.650. The van der Waals surface area contributed by atoms with Gasteiger partial charge in [0, 0.05) is 24.9 Å². The molecule has 3 rings (SSSR count). The highest BCUT2D eigenvalue weighted by Gasteiger charge is 2.28. The molecule has 0 aliphatic carbocycles. The molecule has 0 atom stereocenters. The van der Waals surface area contributed by atoms with Crippen molar-refractivity contribution in [2.45, 2.75) is 30.4 Å². The van der Waals surface area contributed by atoms with Gasteiger partial charge in [0.1, 0.15) is 5.75 Å². The van der Waals surface area contributed by atoms with Gasteiger partial charge in [-0.25, -0.2) is 16.8 Å². The maximum Gasteiger partial charge on any atom is 0.322 e.